The van der Waals surface area contributed by atoms with E-state index in [-0.39, 0.29) is 91.8 Å². The summed E-state index contributed by atoms with van der Waals surface area (Å²) in [5, 5.41) is 7.32. The van der Waals surface area contributed by atoms with E-state index in [4.69, 9.17) is 38.8 Å². The van der Waals surface area contributed by atoms with Crippen LogP contribution in [0.25, 0.3) is 0 Å². The van der Waals surface area contributed by atoms with Crippen molar-refractivity contribution in [1.82, 2.24) is 20.1 Å². The SMILES string of the molecule is Cc1ccc(S(=O)(=O)N[C@@H](c2ccccc2)[C@@H](NCCCc2ccccc2)c2ccccc2)cc1.Cc1ccc(S(=O)(=O)N[C@@H](c2ccccc2)[C@@H](NCCCc2ccccc2)c2ccccc2)cc1.Cl.Cl.[CH3-].[CH3-].[Cl][Ru][Cl].[Cl][Ru][Cl]. The van der Waals surface area contributed by atoms with E-state index in [1.54, 1.807) is 24.3 Å². The number of rotatable bonds is 22. The molecule has 0 unspecified atom stereocenters. The molecule has 0 saturated carbocycles. The van der Waals surface area contributed by atoms with Crippen LogP contribution in [0, 0.1) is 28.7 Å². The molecule has 0 aromatic heterocycles. The van der Waals surface area contributed by atoms with Crippen molar-refractivity contribution in [2.45, 2.75) is 73.5 Å². The first-order valence-corrected chi connectivity index (χ1v) is 36.4. The monoisotopic (exact) mass is 1410 g/mol. The van der Waals surface area contributed by atoms with E-state index >= 15 is 0 Å². The Bertz CT molecular complexity index is 2840. The molecule has 436 valence electrons. The summed E-state index contributed by atoms with van der Waals surface area (Å²) < 4.78 is 59.8. The zero-order valence-electron chi connectivity index (χ0n) is 45.0. The second kappa shape index (κ2) is 41.5. The first-order chi connectivity index (χ1) is 36.9. The van der Waals surface area contributed by atoms with Crippen LogP contribution in [-0.2, 0) is 63.2 Å². The van der Waals surface area contributed by atoms with Crippen molar-refractivity contribution in [1.29, 1.82) is 0 Å². The molecule has 0 spiro atoms. The molecule has 18 heteroatoms. The number of nitrogens with one attached hydrogen (secondary N) is 4. The molecule has 8 rings (SSSR count). The van der Waals surface area contributed by atoms with Crippen molar-refractivity contribution < 1.29 is 47.1 Å². The van der Waals surface area contributed by atoms with Crippen LogP contribution in [0.3, 0.4) is 0 Å². The first kappa shape index (κ1) is 74.5. The van der Waals surface area contributed by atoms with Crippen LogP contribution in [0.4, 0.5) is 0 Å². The van der Waals surface area contributed by atoms with E-state index in [0.717, 1.165) is 72.2 Å². The third-order valence-corrected chi connectivity index (χ3v) is 15.1. The number of halogens is 6. The molecular weight excluding hydrogens is 1340 g/mol. The van der Waals surface area contributed by atoms with E-state index in [1.807, 2.05) is 172 Å². The fourth-order valence-corrected chi connectivity index (χ4v) is 10.9. The van der Waals surface area contributed by atoms with Gasteiger partial charge in [0.15, 0.2) is 0 Å². The molecule has 8 aromatic carbocycles. The van der Waals surface area contributed by atoms with Gasteiger partial charge in [-0.1, -0.05) is 217 Å². The average Bonchev–Trinajstić information content (AvgIpc) is 3.46. The Hall–Kier alpha value is -3.51. The predicted octanol–water partition coefficient (Wildman–Crippen LogP) is 16.5. The van der Waals surface area contributed by atoms with Gasteiger partial charge in [-0.3, -0.25) is 0 Å². The molecule has 0 heterocycles. The standard InChI is InChI=1S/2C30H32N2O2S.2CH3.6ClH.2Ru/c2*1-24-19-21-28(22-20-24)35(33,34)32-30(27-17-9-4-10-18-27)29(26-15-7-3-8-16-26)31-23-11-14-25-12-5-2-6-13-25;;;;;;;;;;/h2*2-10,12-13,15-22,29-32H,11,14,23H2,1H3;2*1H3;6*1H;;/q;;2*-1;;;;;;;2*+2/p-4/t2*29-,30-;;;;;;;;;;/m00........../s1. The van der Waals surface area contributed by atoms with E-state index in [0.29, 0.717) is 0 Å². The number of aryl methyl sites for hydroxylation is 4. The fourth-order valence-electron chi connectivity index (χ4n) is 8.45. The minimum absolute atomic E-state index is 0. The zero-order chi connectivity index (χ0) is 54.4. The maximum absolute atomic E-state index is 13.4. The summed E-state index contributed by atoms with van der Waals surface area (Å²) in [4.78, 5) is 0.528. The molecule has 0 saturated heterocycles. The van der Waals surface area contributed by atoms with Gasteiger partial charge in [-0.2, -0.15) is 0 Å². The van der Waals surface area contributed by atoms with Gasteiger partial charge in [-0.05, 0) is 110 Å². The molecule has 0 amide bonds. The van der Waals surface area contributed by atoms with Gasteiger partial charge in [0, 0.05) is 0 Å². The summed E-state index contributed by atoms with van der Waals surface area (Å²) in [7, 11) is 11.9. The van der Waals surface area contributed by atoms with Crippen molar-refractivity contribution in [3.8, 4) is 0 Å². The molecule has 0 aliphatic rings. The van der Waals surface area contributed by atoms with Crippen molar-refractivity contribution in [2.24, 2.45) is 0 Å². The normalized spacial score (nSPS) is 12.2. The van der Waals surface area contributed by atoms with Crippen LogP contribution in [0.2, 0.25) is 0 Å². The molecule has 4 atom stereocenters. The molecule has 0 bridgehead atoms. The van der Waals surface area contributed by atoms with Gasteiger partial charge >= 0.3 is 69.1 Å². The van der Waals surface area contributed by atoms with Crippen LogP contribution in [0.5, 0.6) is 0 Å². The van der Waals surface area contributed by atoms with Crippen LogP contribution >= 0.6 is 63.6 Å². The molecule has 0 fully saturated rings. The average molecular weight is 1420 g/mol. The summed E-state index contributed by atoms with van der Waals surface area (Å²) in [6.07, 6.45) is 3.81. The zero-order valence-corrected chi connectivity index (χ0v) is 54.7. The van der Waals surface area contributed by atoms with Crippen molar-refractivity contribution >= 4 is 83.6 Å². The van der Waals surface area contributed by atoms with Gasteiger partial charge in [0.1, 0.15) is 0 Å². The quantitative estimate of drug-likeness (QED) is 0.0305. The topological polar surface area (TPSA) is 116 Å². The second-order valence-electron chi connectivity index (χ2n) is 17.6. The Labute approximate surface area is 522 Å². The third kappa shape index (κ3) is 26.0. The summed E-state index contributed by atoms with van der Waals surface area (Å²) in [6, 6.07) is 73.0. The second-order valence-corrected chi connectivity index (χ2v) is 26.3. The van der Waals surface area contributed by atoms with Gasteiger partial charge in [-0.15, -0.1) is 24.8 Å². The number of hydrogen-bond acceptors (Lipinski definition) is 6. The van der Waals surface area contributed by atoms with E-state index in [1.165, 1.54) is 11.1 Å². The Morgan fingerprint density at radius 2 is 0.588 bits per heavy atom. The summed E-state index contributed by atoms with van der Waals surface area (Å²) in [5.41, 5.74) is 8.52. The Morgan fingerprint density at radius 3 is 0.838 bits per heavy atom. The Balaban J connectivity index is 0.000000696. The van der Waals surface area contributed by atoms with Crippen molar-refractivity contribution in [3.63, 3.8) is 0 Å². The van der Waals surface area contributed by atoms with Gasteiger partial charge in [0.05, 0.1) is 34.0 Å². The molecule has 0 aliphatic heterocycles. The molecule has 0 radical (unpaired) electrons. The van der Waals surface area contributed by atoms with Crippen molar-refractivity contribution in [2.75, 3.05) is 13.1 Å². The van der Waals surface area contributed by atoms with Crippen LogP contribution in [-0.4, -0.2) is 29.9 Å². The van der Waals surface area contributed by atoms with E-state index < -0.39 is 32.1 Å². The molecule has 0 aliphatic carbocycles. The molecule has 80 heavy (non-hydrogen) atoms. The molecule has 8 nitrogen and oxygen atoms in total. The molecule has 8 aromatic rings. The Morgan fingerprint density at radius 1 is 0.362 bits per heavy atom. The molecule has 4 N–H and O–H groups in total. The maximum atomic E-state index is 13.4. The summed E-state index contributed by atoms with van der Waals surface area (Å²) in [5.74, 6) is 0. The van der Waals surface area contributed by atoms with Gasteiger partial charge in [0.25, 0.3) is 0 Å². The predicted molar refractivity (Wildman–Crippen MR) is 336 cm³/mol. The first-order valence-electron chi connectivity index (χ1n) is 24.5. The van der Waals surface area contributed by atoms with Gasteiger partial charge < -0.3 is 25.5 Å². The van der Waals surface area contributed by atoms with Crippen LogP contribution < -0.4 is 20.1 Å². The van der Waals surface area contributed by atoms with Gasteiger partial charge in [-0.25, -0.2) is 26.3 Å². The Kier molecular flexibility index (Phi) is 38.6. The van der Waals surface area contributed by atoms with Gasteiger partial charge in [0.2, 0.25) is 20.0 Å². The van der Waals surface area contributed by atoms with Crippen LogP contribution in [0.1, 0.15) is 81.5 Å². The number of hydrogen-bond donors (Lipinski definition) is 4. The van der Waals surface area contributed by atoms with E-state index in [9.17, 15) is 16.8 Å². The number of benzene rings is 8. The third-order valence-electron chi connectivity index (χ3n) is 12.2. The summed E-state index contributed by atoms with van der Waals surface area (Å²) in [6.45, 7) is 5.40. The fraction of sp³-hybridized carbons (Fsp3) is 0.194. The van der Waals surface area contributed by atoms with Crippen LogP contribution in [0.15, 0.2) is 240 Å². The van der Waals surface area contributed by atoms with Crippen molar-refractivity contribution in [3.05, 3.63) is 290 Å². The van der Waals surface area contributed by atoms with E-state index in [2.05, 4.69) is 68.6 Å². The molecular formula is C62H72Cl6N4O4Ru2S2-2. The number of sulfonamides is 2. The minimum atomic E-state index is -3.74. The summed E-state index contributed by atoms with van der Waals surface area (Å²) >= 11 is -0.691.